The number of aromatic nitrogens is 1. The molecule has 1 aromatic heterocycles. The van der Waals surface area contributed by atoms with Crippen LogP contribution in [0.25, 0.3) is 10.9 Å². The monoisotopic (exact) mass is 282 g/mol. The van der Waals surface area contributed by atoms with Crippen molar-refractivity contribution in [3.05, 3.63) is 76.0 Å². The number of hydrogen-bond acceptors (Lipinski definition) is 3. The fourth-order valence-corrected chi connectivity index (χ4v) is 2.51. The molecule has 1 N–H and O–H groups in total. The summed E-state index contributed by atoms with van der Waals surface area (Å²) < 4.78 is 2.00. The normalized spacial score (nSPS) is 10.9. The molecule has 0 fully saturated rings. The predicted molar refractivity (Wildman–Crippen MR) is 80.1 cm³/mol. The highest BCUT2D eigenvalue weighted by atomic mass is 16.6. The van der Waals surface area contributed by atoms with Crippen LogP contribution in [0.3, 0.4) is 0 Å². The van der Waals surface area contributed by atoms with Gasteiger partial charge >= 0.3 is 0 Å². The van der Waals surface area contributed by atoms with Crippen molar-refractivity contribution in [3.8, 4) is 0 Å². The van der Waals surface area contributed by atoms with Gasteiger partial charge in [-0.1, -0.05) is 30.3 Å². The van der Waals surface area contributed by atoms with Crippen LogP contribution < -0.4 is 0 Å². The average Bonchev–Trinajstić information content (AvgIpc) is 2.85. The Labute approximate surface area is 121 Å². The van der Waals surface area contributed by atoms with Gasteiger partial charge in [-0.2, -0.15) is 0 Å². The van der Waals surface area contributed by atoms with Crippen molar-refractivity contribution >= 4 is 16.6 Å². The molecule has 5 heteroatoms. The quantitative estimate of drug-likeness (QED) is 0.590. The average molecular weight is 282 g/mol. The van der Waals surface area contributed by atoms with Gasteiger partial charge in [-0.3, -0.25) is 10.1 Å². The zero-order chi connectivity index (χ0) is 14.8. The minimum atomic E-state index is -0.421. The summed E-state index contributed by atoms with van der Waals surface area (Å²) in [5.41, 5.74) is 2.75. The fraction of sp³-hybridized carbons (Fsp3) is 0.125. The van der Waals surface area contributed by atoms with Gasteiger partial charge in [0.15, 0.2) is 0 Å². The number of benzene rings is 2. The Balaban J connectivity index is 2.09. The highest BCUT2D eigenvalue weighted by Crippen LogP contribution is 2.26. The Hall–Kier alpha value is -2.66. The number of rotatable bonds is 4. The molecule has 0 aliphatic rings. The van der Waals surface area contributed by atoms with Crippen molar-refractivity contribution in [2.24, 2.45) is 0 Å². The molecule has 3 aromatic rings. The van der Waals surface area contributed by atoms with Gasteiger partial charge in [0.1, 0.15) is 0 Å². The molecular weight excluding hydrogens is 268 g/mol. The van der Waals surface area contributed by atoms with Gasteiger partial charge in [0.05, 0.1) is 11.5 Å². The molecule has 0 spiro atoms. The predicted octanol–water partition coefficient (Wildman–Crippen LogP) is 3.09. The summed E-state index contributed by atoms with van der Waals surface area (Å²) in [4.78, 5) is 10.5. The van der Waals surface area contributed by atoms with E-state index in [0.29, 0.717) is 12.1 Å². The van der Waals surface area contributed by atoms with Crippen LogP contribution in [0.2, 0.25) is 0 Å². The number of nitrogens with zero attached hydrogens (tertiary/aromatic N) is 2. The number of hydrogen-bond donors (Lipinski definition) is 1. The van der Waals surface area contributed by atoms with Crippen LogP contribution in [0.4, 0.5) is 5.69 Å². The molecule has 0 aliphatic heterocycles. The number of nitro groups is 1. The standard InChI is InChI=1S/C16H14N2O3/c19-11-13-10-17(9-12-4-2-1-3-5-12)16-7-6-14(18(20)21)8-15(13)16/h1-8,10,19H,9,11H2. The van der Waals surface area contributed by atoms with Gasteiger partial charge in [-0.25, -0.2) is 0 Å². The first-order valence-electron chi connectivity index (χ1n) is 6.60. The third-order valence-corrected chi connectivity index (χ3v) is 3.52. The van der Waals surface area contributed by atoms with Gasteiger partial charge in [-0.05, 0) is 11.6 Å². The summed E-state index contributed by atoms with van der Waals surface area (Å²) in [6.07, 6.45) is 1.85. The molecule has 0 amide bonds. The van der Waals surface area contributed by atoms with Gasteiger partial charge in [0.25, 0.3) is 5.69 Å². The fourth-order valence-electron chi connectivity index (χ4n) is 2.51. The highest BCUT2D eigenvalue weighted by molar-refractivity contribution is 5.86. The van der Waals surface area contributed by atoms with Crippen molar-refractivity contribution in [1.82, 2.24) is 4.57 Å². The number of nitro benzene ring substituents is 1. The topological polar surface area (TPSA) is 68.3 Å². The van der Waals surface area contributed by atoms with Gasteiger partial charge in [0.2, 0.25) is 0 Å². The van der Waals surface area contributed by atoms with Gasteiger partial charge in [0, 0.05) is 41.3 Å². The van der Waals surface area contributed by atoms with Crippen molar-refractivity contribution in [3.63, 3.8) is 0 Å². The lowest BCUT2D eigenvalue weighted by atomic mass is 10.1. The molecule has 0 atom stereocenters. The molecule has 5 nitrogen and oxygen atoms in total. The van der Waals surface area contributed by atoms with Crippen LogP contribution in [-0.4, -0.2) is 14.6 Å². The lowest BCUT2D eigenvalue weighted by Gasteiger charge is -2.05. The van der Waals surface area contributed by atoms with Crippen LogP contribution in [0.5, 0.6) is 0 Å². The Morgan fingerprint density at radius 2 is 1.90 bits per heavy atom. The van der Waals surface area contributed by atoms with E-state index in [1.54, 1.807) is 6.07 Å². The van der Waals surface area contributed by atoms with Crippen LogP contribution in [0.15, 0.2) is 54.7 Å². The van der Waals surface area contributed by atoms with E-state index in [1.165, 1.54) is 12.1 Å². The molecule has 0 saturated carbocycles. The van der Waals surface area contributed by atoms with Crippen molar-refractivity contribution in [1.29, 1.82) is 0 Å². The second-order valence-electron chi connectivity index (χ2n) is 4.88. The van der Waals surface area contributed by atoms with Crippen molar-refractivity contribution in [2.45, 2.75) is 13.2 Å². The van der Waals surface area contributed by atoms with Crippen molar-refractivity contribution < 1.29 is 10.0 Å². The van der Waals surface area contributed by atoms with Crippen LogP contribution in [0.1, 0.15) is 11.1 Å². The summed E-state index contributed by atoms with van der Waals surface area (Å²) in [6.45, 7) is 0.522. The lowest BCUT2D eigenvalue weighted by Crippen LogP contribution is -1.97. The van der Waals surface area contributed by atoms with E-state index in [2.05, 4.69) is 0 Å². The summed E-state index contributed by atoms with van der Waals surface area (Å²) in [6, 6.07) is 14.7. The first kappa shape index (κ1) is 13.3. The molecular formula is C16H14N2O3. The van der Waals surface area contributed by atoms with E-state index < -0.39 is 4.92 Å². The summed E-state index contributed by atoms with van der Waals surface area (Å²) >= 11 is 0. The Morgan fingerprint density at radius 3 is 2.57 bits per heavy atom. The van der Waals surface area contributed by atoms with E-state index in [-0.39, 0.29) is 12.3 Å². The van der Waals surface area contributed by atoms with E-state index >= 15 is 0 Å². The molecule has 106 valence electrons. The van der Waals surface area contributed by atoms with Crippen molar-refractivity contribution in [2.75, 3.05) is 0 Å². The third kappa shape index (κ3) is 2.51. The Kier molecular flexibility index (Phi) is 3.41. The Morgan fingerprint density at radius 1 is 1.14 bits per heavy atom. The maximum atomic E-state index is 10.9. The van der Waals surface area contributed by atoms with Crippen LogP contribution >= 0.6 is 0 Å². The van der Waals surface area contributed by atoms with Gasteiger partial charge < -0.3 is 9.67 Å². The molecule has 0 saturated heterocycles. The second kappa shape index (κ2) is 5.38. The smallest absolute Gasteiger partial charge is 0.270 e. The SMILES string of the molecule is O=[N+]([O-])c1ccc2c(c1)c(CO)cn2Cc1ccccc1. The molecule has 2 aromatic carbocycles. The zero-order valence-electron chi connectivity index (χ0n) is 11.3. The maximum Gasteiger partial charge on any atom is 0.270 e. The lowest BCUT2D eigenvalue weighted by molar-refractivity contribution is -0.384. The van der Waals surface area contributed by atoms with E-state index in [9.17, 15) is 15.2 Å². The Bertz CT molecular complexity index is 794. The molecule has 3 rings (SSSR count). The largest absolute Gasteiger partial charge is 0.392 e. The summed E-state index contributed by atoms with van der Waals surface area (Å²) in [7, 11) is 0. The number of aliphatic hydroxyl groups is 1. The molecule has 0 bridgehead atoms. The molecule has 21 heavy (non-hydrogen) atoms. The number of fused-ring (bicyclic) bond motifs is 1. The second-order valence-corrected chi connectivity index (χ2v) is 4.88. The molecule has 0 aliphatic carbocycles. The van der Waals surface area contributed by atoms with Crippen LogP contribution in [-0.2, 0) is 13.2 Å². The number of non-ortho nitro benzene ring substituents is 1. The van der Waals surface area contributed by atoms with Crippen LogP contribution in [0, 0.1) is 10.1 Å². The zero-order valence-corrected chi connectivity index (χ0v) is 11.3. The molecule has 0 unspecified atom stereocenters. The van der Waals surface area contributed by atoms with Gasteiger partial charge in [-0.15, -0.1) is 0 Å². The summed E-state index contributed by atoms with van der Waals surface area (Å²) in [5, 5.41) is 21.1. The third-order valence-electron chi connectivity index (χ3n) is 3.52. The minimum Gasteiger partial charge on any atom is -0.392 e. The minimum absolute atomic E-state index is 0.0367. The first-order chi connectivity index (χ1) is 10.2. The molecule has 1 heterocycles. The highest BCUT2D eigenvalue weighted by Gasteiger charge is 2.13. The first-order valence-corrected chi connectivity index (χ1v) is 6.60. The van der Waals surface area contributed by atoms with E-state index in [1.807, 2.05) is 41.1 Å². The number of aliphatic hydroxyl groups excluding tert-OH is 1. The maximum absolute atomic E-state index is 10.9. The molecule has 0 radical (unpaired) electrons. The summed E-state index contributed by atoms with van der Waals surface area (Å²) in [5.74, 6) is 0. The van der Waals surface area contributed by atoms with E-state index in [0.717, 1.165) is 16.5 Å². The van der Waals surface area contributed by atoms with E-state index in [4.69, 9.17) is 0 Å².